The van der Waals surface area contributed by atoms with E-state index < -0.39 is 0 Å². The van der Waals surface area contributed by atoms with Gasteiger partial charge < -0.3 is 4.90 Å². The van der Waals surface area contributed by atoms with Gasteiger partial charge >= 0.3 is 0 Å². The molecule has 1 heterocycles. The molecular formula is C12H15ClN2O. The van der Waals surface area contributed by atoms with Gasteiger partial charge in [0.2, 0.25) is 5.91 Å². The monoisotopic (exact) mass is 238 g/mol. The van der Waals surface area contributed by atoms with Crippen molar-refractivity contribution in [2.45, 2.75) is 26.4 Å². The van der Waals surface area contributed by atoms with E-state index in [1.165, 1.54) is 11.1 Å². The Morgan fingerprint density at radius 1 is 1.50 bits per heavy atom. The smallest absolute Gasteiger partial charge is 0.219 e. The van der Waals surface area contributed by atoms with Gasteiger partial charge in [0.25, 0.3) is 0 Å². The van der Waals surface area contributed by atoms with E-state index in [1.807, 2.05) is 4.90 Å². The summed E-state index contributed by atoms with van der Waals surface area (Å²) in [5, 5.41) is 0. The van der Waals surface area contributed by atoms with Gasteiger partial charge in [0.15, 0.2) is 0 Å². The Bertz CT molecular complexity index is 406. The van der Waals surface area contributed by atoms with E-state index in [0.717, 1.165) is 25.1 Å². The summed E-state index contributed by atoms with van der Waals surface area (Å²) in [7, 11) is 0. The number of hydrogen-bond donors (Lipinski definition) is 1. The van der Waals surface area contributed by atoms with Crippen molar-refractivity contribution in [3.63, 3.8) is 0 Å². The molecule has 0 fully saturated rings. The molecular weight excluding hydrogens is 224 g/mol. The van der Waals surface area contributed by atoms with Crippen molar-refractivity contribution in [1.82, 2.24) is 9.74 Å². The molecule has 0 aromatic heterocycles. The first-order chi connectivity index (χ1) is 7.70. The van der Waals surface area contributed by atoms with Crippen LogP contribution in [0.15, 0.2) is 18.2 Å². The maximum Gasteiger partial charge on any atom is 0.219 e. The van der Waals surface area contributed by atoms with Gasteiger partial charge in [-0.2, -0.15) is 0 Å². The van der Waals surface area contributed by atoms with Crippen molar-refractivity contribution in [3.05, 3.63) is 34.9 Å². The number of fused-ring (bicyclic) bond motifs is 1. The Balaban J connectivity index is 2.21. The maximum atomic E-state index is 11.3. The van der Waals surface area contributed by atoms with Crippen molar-refractivity contribution in [1.29, 1.82) is 0 Å². The van der Waals surface area contributed by atoms with Crippen LogP contribution >= 0.6 is 11.8 Å². The summed E-state index contributed by atoms with van der Waals surface area (Å²) in [5.74, 6) is 0.145. The van der Waals surface area contributed by atoms with Crippen molar-refractivity contribution in [2.75, 3.05) is 6.54 Å². The van der Waals surface area contributed by atoms with Crippen LogP contribution in [0.25, 0.3) is 0 Å². The predicted molar refractivity (Wildman–Crippen MR) is 63.9 cm³/mol. The first-order valence-corrected chi connectivity index (χ1v) is 5.78. The predicted octanol–water partition coefficient (Wildman–Crippen LogP) is 1.83. The van der Waals surface area contributed by atoms with Crippen molar-refractivity contribution in [2.24, 2.45) is 0 Å². The summed E-state index contributed by atoms with van der Waals surface area (Å²) in [5.41, 5.74) is 3.74. The van der Waals surface area contributed by atoms with Crippen LogP contribution in [0.1, 0.15) is 23.6 Å². The largest absolute Gasteiger partial charge is 0.338 e. The lowest BCUT2D eigenvalue weighted by atomic mass is 9.97. The van der Waals surface area contributed by atoms with E-state index in [0.29, 0.717) is 6.54 Å². The highest BCUT2D eigenvalue weighted by atomic mass is 35.5. The van der Waals surface area contributed by atoms with Gasteiger partial charge in [-0.1, -0.05) is 18.2 Å². The Morgan fingerprint density at radius 3 is 3.00 bits per heavy atom. The van der Waals surface area contributed by atoms with Crippen molar-refractivity contribution in [3.8, 4) is 0 Å². The second kappa shape index (κ2) is 4.85. The number of carbonyl (C=O) groups is 1. The van der Waals surface area contributed by atoms with Crippen LogP contribution in [0.2, 0.25) is 0 Å². The summed E-state index contributed by atoms with van der Waals surface area (Å²) in [6.45, 7) is 3.82. The first kappa shape index (κ1) is 11.4. The molecule has 0 aliphatic carbocycles. The summed E-state index contributed by atoms with van der Waals surface area (Å²) >= 11 is 5.48. The molecule has 1 aliphatic rings. The number of amides is 1. The SMILES string of the molecule is CC(=O)N1CCc2ccc(CNCl)cc2C1. The first-order valence-electron chi connectivity index (χ1n) is 5.40. The standard InChI is InChI=1S/C12H15ClN2O/c1-9(16)15-5-4-11-3-2-10(7-14-13)6-12(11)8-15/h2-3,6,14H,4-5,7-8H2,1H3. The molecule has 1 aliphatic heterocycles. The van der Waals surface area contributed by atoms with E-state index in [-0.39, 0.29) is 5.91 Å². The van der Waals surface area contributed by atoms with Crippen molar-refractivity contribution >= 4 is 17.7 Å². The fraction of sp³-hybridized carbons (Fsp3) is 0.417. The zero-order valence-electron chi connectivity index (χ0n) is 9.29. The molecule has 2 rings (SSSR count). The number of nitrogens with one attached hydrogen (secondary N) is 1. The van der Waals surface area contributed by atoms with E-state index >= 15 is 0 Å². The summed E-state index contributed by atoms with van der Waals surface area (Å²) in [6.07, 6.45) is 0.948. The molecule has 0 radical (unpaired) electrons. The Labute approximate surface area is 101 Å². The van der Waals surface area contributed by atoms with Crippen LogP contribution in [0.4, 0.5) is 0 Å². The lowest BCUT2D eigenvalue weighted by Crippen LogP contribution is -2.34. The number of hydrogen-bond acceptors (Lipinski definition) is 2. The number of nitrogens with zero attached hydrogens (tertiary/aromatic N) is 1. The summed E-state index contributed by atoms with van der Waals surface area (Å²) < 4.78 is 0. The van der Waals surface area contributed by atoms with Gasteiger partial charge in [-0.25, -0.2) is 4.84 Å². The Hall–Kier alpha value is -1.06. The van der Waals surface area contributed by atoms with Crippen molar-refractivity contribution < 1.29 is 4.79 Å². The third-order valence-electron chi connectivity index (χ3n) is 3.00. The molecule has 0 unspecified atom stereocenters. The second-order valence-corrected chi connectivity index (χ2v) is 4.37. The number of halogens is 1. The highest BCUT2D eigenvalue weighted by Gasteiger charge is 2.17. The van der Waals surface area contributed by atoms with E-state index in [2.05, 4.69) is 23.0 Å². The van der Waals surface area contributed by atoms with E-state index in [1.54, 1.807) is 6.92 Å². The second-order valence-electron chi connectivity index (χ2n) is 4.10. The maximum absolute atomic E-state index is 11.3. The molecule has 0 bridgehead atoms. The van der Waals surface area contributed by atoms with E-state index in [4.69, 9.17) is 11.8 Å². The third kappa shape index (κ3) is 2.36. The van der Waals surface area contributed by atoms with Crippen LogP contribution in [-0.4, -0.2) is 17.4 Å². The number of rotatable bonds is 2. The molecule has 16 heavy (non-hydrogen) atoms. The van der Waals surface area contributed by atoms with Crippen LogP contribution < -0.4 is 4.84 Å². The van der Waals surface area contributed by atoms with E-state index in [9.17, 15) is 4.79 Å². The molecule has 4 heteroatoms. The minimum absolute atomic E-state index is 0.145. The van der Waals surface area contributed by atoms with Crippen LogP contribution in [0, 0.1) is 0 Å². The molecule has 0 atom stereocenters. The minimum atomic E-state index is 0.145. The lowest BCUT2D eigenvalue weighted by molar-refractivity contribution is -0.129. The molecule has 1 N–H and O–H groups in total. The third-order valence-corrected chi connectivity index (χ3v) is 3.13. The van der Waals surface area contributed by atoms with Gasteiger partial charge in [-0.3, -0.25) is 4.79 Å². The van der Waals surface area contributed by atoms with Crippen LogP contribution in [-0.2, 0) is 24.3 Å². The Morgan fingerprint density at radius 2 is 2.31 bits per heavy atom. The molecule has 1 aromatic rings. The highest BCUT2D eigenvalue weighted by molar-refractivity contribution is 6.13. The molecule has 86 valence electrons. The fourth-order valence-corrected chi connectivity index (χ4v) is 2.22. The van der Waals surface area contributed by atoms with Crippen LogP contribution in [0.5, 0.6) is 0 Å². The molecule has 0 saturated carbocycles. The summed E-state index contributed by atoms with van der Waals surface area (Å²) in [4.78, 5) is 15.8. The normalized spacial score (nSPS) is 14.8. The van der Waals surface area contributed by atoms with Gasteiger partial charge in [-0.05, 0) is 34.9 Å². The lowest BCUT2D eigenvalue weighted by Gasteiger charge is -2.28. The van der Waals surface area contributed by atoms with Gasteiger partial charge in [0, 0.05) is 26.6 Å². The van der Waals surface area contributed by atoms with Gasteiger partial charge in [0.05, 0.1) is 0 Å². The average Bonchev–Trinajstić information content (AvgIpc) is 2.28. The highest BCUT2D eigenvalue weighted by Crippen LogP contribution is 2.20. The minimum Gasteiger partial charge on any atom is -0.338 e. The zero-order valence-corrected chi connectivity index (χ0v) is 10.0. The van der Waals surface area contributed by atoms with Gasteiger partial charge in [0.1, 0.15) is 0 Å². The topological polar surface area (TPSA) is 32.3 Å². The zero-order chi connectivity index (χ0) is 11.5. The Kier molecular flexibility index (Phi) is 3.46. The number of benzene rings is 1. The number of carbonyl (C=O) groups excluding carboxylic acids is 1. The van der Waals surface area contributed by atoms with Gasteiger partial charge in [-0.15, -0.1) is 0 Å². The summed E-state index contributed by atoms with van der Waals surface area (Å²) in [6, 6.07) is 6.34. The quantitative estimate of drug-likeness (QED) is 0.798. The molecule has 1 aromatic carbocycles. The molecule has 1 amide bonds. The average molecular weight is 239 g/mol. The van der Waals surface area contributed by atoms with Crippen LogP contribution in [0.3, 0.4) is 0 Å². The fourth-order valence-electron chi connectivity index (χ4n) is 2.07. The molecule has 3 nitrogen and oxygen atoms in total. The molecule has 0 saturated heterocycles. The molecule has 0 spiro atoms.